The Kier molecular flexibility index (Phi) is 3.81. The standard InChI is InChI=1S/C12H17FN4O2/c1-14-12(15-2)17(16-3)10(7-18)9-5-4-8(13)6-11(9)19-12/h4-7,10,14-16H,1-3H3. The van der Waals surface area contributed by atoms with E-state index in [0.29, 0.717) is 11.3 Å². The fourth-order valence-electron chi connectivity index (χ4n) is 2.28. The number of nitrogens with zero attached hydrogens (tertiary/aromatic N) is 1. The summed E-state index contributed by atoms with van der Waals surface area (Å²) in [5.74, 6) is -1.23. The highest BCUT2D eigenvalue weighted by molar-refractivity contribution is 5.64. The van der Waals surface area contributed by atoms with Gasteiger partial charge < -0.3 is 9.53 Å². The Morgan fingerprint density at radius 1 is 1.37 bits per heavy atom. The smallest absolute Gasteiger partial charge is 0.294 e. The van der Waals surface area contributed by atoms with Gasteiger partial charge in [0.05, 0.1) is 0 Å². The fourth-order valence-corrected chi connectivity index (χ4v) is 2.28. The average molecular weight is 268 g/mol. The van der Waals surface area contributed by atoms with Crippen molar-refractivity contribution < 1.29 is 13.9 Å². The Morgan fingerprint density at radius 2 is 2.05 bits per heavy atom. The molecule has 0 radical (unpaired) electrons. The predicted octanol–water partition coefficient (Wildman–Crippen LogP) is -0.0554. The van der Waals surface area contributed by atoms with Gasteiger partial charge in [0.15, 0.2) is 0 Å². The normalized spacial score (nSPS) is 21.6. The first-order chi connectivity index (χ1) is 9.11. The molecule has 3 N–H and O–H groups in total. The maximum Gasteiger partial charge on any atom is 0.294 e. The van der Waals surface area contributed by atoms with Crippen LogP contribution in [-0.2, 0) is 4.79 Å². The quantitative estimate of drug-likeness (QED) is 0.525. The maximum absolute atomic E-state index is 13.3. The Balaban J connectivity index is 2.57. The minimum Gasteiger partial charge on any atom is -0.444 e. The lowest BCUT2D eigenvalue weighted by Crippen LogP contribution is -2.74. The lowest BCUT2D eigenvalue weighted by atomic mass is 10.0. The van der Waals surface area contributed by atoms with Crippen molar-refractivity contribution in [2.24, 2.45) is 0 Å². The van der Waals surface area contributed by atoms with Gasteiger partial charge in [0.25, 0.3) is 5.97 Å². The van der Waals surface area contributed by atoms with Gasteiger partial charge in [-0.05, 0) is 27.2 Å². The van der Waals surface area contributed by atoms with E-state index < -0.39 is 17.8 Å². The lowest BCUT2D eigenvalue weighted by molar-refractivity contribution is -0.185. The number of benzene rings is 1. The van der Waals surface area contributed by atoms with Crippen LogP contribution in [0.15, 0.2) is 18.2 Å². The molecule has 1 aromatic carbocycles. The van der Waals surface area contributed by atoms with E-state index in [1.807, 2.05) is 0 Å². The molecular weight excluding hydrogens is 251 g/mol. The molecule has 1 heterocycles. The highest BCUT2D eigenvalue weighted by atomic mass is 19.1. The van der Waals surface area contributed by atoms with Gasteiger partial charge in [0.1, 0.15) is 23.9 Å². The Bertz CT molecular complexity index is 479. The molecule has 0 fully saturated rings. The van der Waals surface area contributed by atoms with E-state index in [1.54, 1.807) is 32.2 Å². The number of ether oxygens (including phenoxy) is 1. The topological polar surface area (TPSA) is 65.6 Å². The highest BCUT2D eigenvalue weighted by Gasteiger charge is 2.46. The van der Waals surface area contributed by atoms with Crippen molar-refractivity contribution in [1.29, 1.82) is 0 Å². The second-order valence-corrected chi connectivity index (χ2v) is 4.10. The summed E-state index contributed by atoms with van der Waals surface area (Å²) in [4.78, 5) is 11.4. The van der Waals surface area contributed by atoms with Crippen molar-refractivity contribution in [3.63, 3.8) is 0 Å². The first-order valence-corrected chi connectivity index (χ1v) is 5.90. The molecule has 7 heteroatoms. The molecular formula is C12H17FN4O2. The van der Waals surface area contributed by atoms with Crippen LogP contribution < -0.4 is 20.8 Å². The molecule has 0 spiro atoms. The summed E-state index contributed by atoms with van der Waals surface area (Å²) in [6, 6.07) is 3.51. The van der Waals surface area contributed by atoms with Crippen molar-refractivity contribution in [2.75, 3.05) is 21.1 Å². The minimum atomic E-state index is -1.14. The first-order valence-electron chi connectivity index (χ1n) is 5.90. The van der Waals surface area contributed by atoms with Gasteiger partial charge in [0.2, 0.25) is 0 Å². The second kappa shape index (κ2) is 5.22. The van der Waals surface area contributed by atoms with Crippen molar-refractivity contribution >= 4 is 6.29 Å². The molecule has 1 aliphatic heterocycles. The molecule has 0 aliphatic carbocycles. The summed E-state index contributed by atoms with van der Waals surface area (Å²) in [5, 5.41) is 7.47. The SMILES string of the molecule is CNN1C(C=O)c2ccc(F)cc2OC1(NC)NC. The molecule has 104 valence electrons. The first kappa shape index (κ1) is 13.9. The maximum atomic E-state index is 13.3. The molecule has 2 rings (SSSR count). The molecule has 0 bridgehead atoms. The molecule has 1 aliphatic rings. The molecule has 1 aromatic rings. The van der Waals surface area contributed by atoms with Gasteiger partial charge in [-0.15, -0.1) is 0 Å². The van der Waals surface area contributed by atoms with Crippen LogP contribution in [0.25, 0.3) is 0 Å². The Morgan fingerprint density at radius 3 is 2.58 bits per heavy atom. The molecule has 6 nitrogen and oxygen atoms in total. The largest absolute Gasteiger partial charge is 0.444 e. The number of hydrazine groups is 1. The number of fused-ring (bicyclic) bond motifs is 1. The summed E-state index contributed by atoms with van der Waals surface area (Å²) < 4.78 is 19.1. The number of halogens is 1. The van der Waals surface area contributed by atoms with Crippen LogP contribution in [0.2, 0.25) is 0 Å². The molecule has 1 unspecified atom stereocenters. The zero-order valence-corrected chi connectivity index (χ0v) is 11.0. The number of carbonyl (C=O) groups excluding carboxylic acids is 1. The Labute approximate surface area is 110 Å². The van der Waals surface area contributed by atoms with E-state index in [0.717, 1.165) is 6.29 Å². The van der Waals surface area contributed by atoms with Gasteiger partial charge in [-0.2, -0.15) is 5.01 Å². The second-order valence-electron chi connectivity index (χ2n) is 4.10. The van der Waals surface area contributed by atoms with Crippen LogP contribution in [0.3, 0.4) is 0 Å². The lowest BCUT2D eigenvalue weighted by Gasteiger charge is -2.48. The van der Waals surface area contributed by atoms with E-state index >= 15 is 0 Å². The highest BCUT2D eigenvalue weighted by Crippen LogP contribution is 2.37. The minimum absolute atomic E-state index is 0.326. The van der Waals surface area contributed by atoms with E-state index in [2.05, 4.69) is 16.1 Å². The third kappa shape index (κ3) is 2.10. The van der Waals surface area contributed by atoms with E-state index in [-0.39, 0.29) is 0 Å². The van der Waals surface area contributed by atoms with Crippen LogP contribution in [0.1, 0.15) is 11.6 Å². The summed E-state index contributed by atoms with van der Waals surface area (Å²) in [7, 11) is 5.03. The van der Waals surface area contributed by atoms with Gasteiger partial charge >= 0.3 is 0 Å². The summed E-state index contributed by atoms with van der Waals surface area (Å²) in [6.07, 6.45) is 0.777. The predicted molar refractivity (Wildman–Crippen MR) is 67.6 cm³/mol. The molecule has 0 saturated heterocycles. The summed E-state index contributed by atoms with van der Waals surface area (Å²) >= 11 is 0. The molecule has 0 amide bonds. The van der Waals surface area contributed by atoms with Gasteiger partial charge in [-0.3, -0.25) is 16.1 Å². The molecule has 19 heavy (non-hydrogen) atoms. The van der Waals surface area contributed by atoms with Crippen molar-refractivity contribution in [3.8, 4) is 5.75 Å². The third-order valence-electron chi connectivity index (χ3n) is 3.22. The van der Waals surface area contributed by atoms with Crippen molar-refractivity contribution in [3.05, 3.63) is 29.6 Å². The molecule has 0 saturated carbocycles. The van der Waals surface area contributed by atoms with E-state index in [1.165, 1.54) is 12.1 Å². The van der Waals surface area contributed by atoms with Crippen LogP contribution in [0.4, 0.5) is 4.39 Å². The monoisotopic (exact) mass is 268 g/mol. The van der Waals surface area contributed by atoms with Crippen LogP contribution in [0.5, 0.6) is 5.75 Å². The number of nitrogens with one attached hydrogen (secondary N) is 3. The van der Waals surface area contributed by atoms with Crippen LogP contribution >= 0.6 is 0 Å². The zero-order valence-electron chi connectivity index (χ0n) is 11.0. The summed E-state index contributed by atoms with van der Waals surface area (Å²) in [5.41, 5.74) is 3.52. The van der Waals surface area contributed by atoms with Crippen LogP contribution in [0, 0.1) is 5.82 Å². The summed E-state index contributed by atoms with van der Waals surface area (Å²) in [6.45, 7) is 0. The van der Waals surface area contributed by atoms with Crippen LogP contribution in [-0.4, -0.2) is 38.4 Å². The van der Waals surface area contributed by atoms with Gasteiger partial charge in [-0.1, -0.05) is 6.07 Å². The number of rotatable bonds is 4. The fraction of sp³-hybridized carbons (Fsp3) is 0.417. The number of hydrogen-bond donors (Lipinski definition) is 3. The number of carbonyl (C=O) groups is 1. The average Bonchev–Trinajstić information content (AvgIpc) is 2.44. The number of hydrogen-bond acceptors (Lipinski definition) is 6. The number of aldehydes is 1. The van der Waals surface area contributed by atoms with E-state index in [4.69, 9.17) is 4.74 Å². The third-order valence-corrected chi connectivity index (χ3v) is 3.22. The van der Waals surface area contributed by atoms with Crippen molar-refractivity contribution in [2.45, 2.75) is 12.0 Å². The molecule has 0 aromatic heterocycles. The van der Waals surface area contributed by atoms with Crippen molar-refractivity contribution in [1.82, 2.24) is 21.1 Å². The van der Waals surface area contributed by atoms with Gasteiger partial charge in [0, 0.05) is 11.6 Å². The van der Waals surface area contributed by atoms with E-state index in [9.17, 15) is 9.18 Å². The molecule has 1 atom stereocenters. The Hall–Kier alpha value is -1.54. The van der Waals surface area contributed by atoms with Gasteiger partial charge in [-0.25, -0.2) is 4.39 Å². The zero-order chi connectivity index (χ0) is 14.0.